The smallest absolute Gasteiger partial charge is 0.333 e. The van der Waals surface area contributed by atoms with Gasteiger partial charge in [-0.1, -0.05) is 12.8 Å². The van der Waals surface area contributed by atoms with Crippen molar-refractivity contribution >= 4 is 5.97 Å². The minimum atomic E-state index is -0.278. The molecule has 14 heavy (non-hydrogen) atoms. The molecular weight excluding hydrogens is 180 g/mol. The van der Waals surface area contributed by atoms with Crippen LogP contribution in [0.25, 0.3) is 0 Å². The van der Waals surface area contributed by atoms with Gasteiger partial charge in [0.15, 0.2) is 0 Å². The third-order valence-electron chi connectivity index (χ3n) is 2.53. The van der Waals surface area contributed by atoms with Gasteiger partial charge in [-0.15, -0.1) is 0 Å². The first-order chi connectivity index (χ1) is 6.74. The summed E-state index contributed by atoms with van der Waals surface area (Å²) >= 11 is 0. The zero-order valence-electron chi connectivity index (χ0n) is 8.91. The van der Waals surface area contributed by atoms with Gasteiger partial charge in [-0.05, 0) is 25.8 Å². The van der Waals surface area contributed by atoms with Crippen LogP contribution in [0.1, 0.15) is 32.6 Å². The Hall–Kier alpha value is -0.830. The number of carbonyl (C=O) groups excluding carboxylic acids is 1. The number of ether oxygens (including phenoxy) is 2. The fraction of sp³-hybridized carbons (Fsp3) is 0.727. The maximum Gasteiger partial charge on any atom is 0.333 e. The number of carbonyl (C=O) groups is 1. The highest BCUT2D eigenvalue weighted by Crippen LogP contribution is 2.20. The Morgan fingerprint density at radius 2 is 2.07 bits per heavy atom. The molecule has 0 radical (unpaired) electrons. The molecule has 3 nitrogen and oxygen atoms in total. The molecule has 3 heteroatoms. The van der Waals surface area contributed by atoms with Gasteiger partial charge in [-0.3, -0.25) is 0 Å². The van der Waals surface area contributed by atoms with Crippen LogP contribution in [0.4, 0.5) is 0 Å². The number of hydrogen-bond donors (Lipinski definition) is 0. The minimum Gasteiger partial charge on any atom is -0.466 e. The summed E-state index contributed by atoms with van der Waals surface area (Å²) in [5.41, 5.74) is 0.616. The van der Waals surface area contributed by atoms with Crippen LogP contribution in [0.5, 0.6) is 0 Å². The molecule has 0 amide bonds. The monoisotopic (exact) mass is 198 g/mol. The highest BCUT2D eigenvalue weighted by atomic mass is 16.5. The van der Waals surface area contributed by atoms with Crippen LogP contribution in [-0.4, -0.2) is 25.8 Å². The van der Waals surface area contributed by atoms with Crippen molar-refractivity contribution in [1.29, 1.82) is 0 Å². The lowest BCUT2D eigenvalue weighted by Crippen LogP contribution is -2.09. The second-order valence-corrected chi connectivity index (χ2v) is 3.62. The molecule has 1 rings (SSSR count). The van der Waals surface area contributed by atoms with Crippen molar-refractivity contribution in [3.8, 4) is 0 Å². The van der Waals surface area contributed by atoms with E-state index in [0.29, 0.717) is 18.3 Å². The fourth-order valence-corrected chi connectivity index (χ4v) is 1.61. The van der Waals surface area contributed by atoms with E-state index in [1.165, 1.54) is 20.0 Å². The Balaban J connectivity index is 2.21. The lowest BCUT2D eigenvalue weighted by atomic mass is 10.3. The summed E-state index contributed by atoms with van der Waals surface area (Å²) < 4.78 is 10.2. The standard InChI is InChI=1S/C11H18O3/c1-9(11(12)13-2)7-8-14-10-5-3-4-6-10/h7,10H,3-6,8H2,1-2H3. The molecule has 1 saturated carbocycles. The van der Waals surface area contributed by atoms with Crippen LogP contribution in [-0.2, 0) is 14.3 Å². The van der Waals surface area contributed by atoms with Crippen LogP contribution in [0.2, 0.25) is 0 Å². The van der Waals surface area contributed by atoms with E-state index in [1.807, 2.05) is 0 Å². The van der Waals surface area contributed by atoms with Crippen molar-refractivity contribution in [1.82, 2.24) is 0 Å². The molecule has 0 unspecified atom stereocenters. The molecule has 0 aromatic rings. The van der Waals surface area contributed by atoms with Gasteiger partial charge in [0.05, 0.1) is 19.8 Å². The van der Waals surface area contributed by atoms with Gasteiger partial charge in [-0.25, -0.2) is 4.79 Å². The van der Waals surface area contributed by atoms with Crippen LogP contribution in [0.15, 0.2) is 11.6 Å². The van der Waals surface area contributed by atoms with Crippen molar-refractivity contribution < 1.29 is 14.3 Å². The van der Waals surface area contributed by atoms with Gasteiger partial charge in [-0.2, -0.15) is 0 Å². The normalized spacial score (nSPS) is 18.6. The molecule has 0 heterocycles. The van der Waals surface area contributed by atoms with E-state index in [1.54, 1.807) is 13.0 Å². The second kappa shape index (κ2) is 5.81. The van der Waals surface area contributed by atoms with Gasteiger partial charge in [0.2, 0.25) is 0 Å². The van der Waals surface area contributed by atoms with Crippen LogP contribution >= 0.6 is 0 Å². The van der Waals surface area contributed by atoms with Crippen molar-refractivity contribution in [2.45, 2.75) is 38.7 Å². The summed E-state index contributed by atoms with van der Waals surface area (Å²) in [6, 6.07) is 0. The van der Waals surface area contributed by atoms with Crippen molar-refractivity contribution in [2.75, 3.05) is 13.7 Å². The lowest BCUT2D eigenvalue weighted by molar-refractivity contribution is -0.136. The molecular formula is C11H18O3. The first-order valence-corrected chi connectivity index (χ1v) is 5.10. The summed E-state index contributed by atoms with van der Waals surface area (Å²) in [7, 11) is 1.39. The molecule has 1 aliphatic carbocycles. The molecule has 0 aromatic heterocycles. The Bertz CT molecular complexity index is 215. The maximum absolute atomic E-state index is 11.0. The van der Waals surface area contributed by atoms with E-state index in [2.05, 4.69) is 4.74 Å². The zero-order chi connectivity index (χ0) is 10.4. The Labute approximate surface area is 85.1 Å². The molecule has 0 bridgehead atoms. The lowest BCUT2D eigenvalue weighted by Gasteiger charge is -2.08. The first-order valence-electron chi connectivity index (χ1n) is 5.10. The van der Waals surface area contributed by atoms with E-state index in [4.69, 9.17) is 4.74 Å². The molecule has 0 spiro atoms. The summed E-state index contributed by atoms with van der Waals surface area (Å²) in [6.45, 7) is 2.26. The summed E-state index contributed by atoms with van der Waals surface area (Å²) in [5.74, 6) is -0.278. The number of methoxy groups -OCH3 is 1. The van der Waals surface area contributed by atoms with Crippen LogP contribution in [0.3, 0.4) is 0 Å². The van der Waals surface area contributed by atoms with Crippen molar-refractivity contribution in [3.05, 3.63) is 11.6 Å². The van der Waals surface area contributed by atoms with Gasteiger partial charge < -0.3 is 9.47 Å². The third-order valence-corrected chi connectivity index (χ3v) is 2.53. The second-order valence-electron chi connectivity index (χ2n) is 3.62. The van der Waals surface area contributed by atoms with E-state index in [0.717, 1.165) is 12.8 Å². The predicted molar refractivity (Wildman–Crippen MR) is 54.0 cm³/mol. The predicted octanol–water partition coefficient (Wildman–Crippen LogP) is 2.06. The largest absolute Gasteiger partial charge is 0.466 e. The number of rotatable bonds is 4. The van der Waals surface area contributed by atoms with Crippen molar-refractivity contribution in [2.24, 2.45) is 0 Å². The molecule has 0 aromatic carbocycles. The highest BCUT2D eigenvalue weighted by molar-refractivity contribution is 5.87. The summed E-state index contributed by atoms with van der Waals surface area (Å²) in [6.07, 6.45) is 7.03. The Morgan fingerprint density at radius 1 is 1.43 bits per heavy atom. The van der Waals surface area contributed by atoms with Gasteiger partial charge in [0, 0.05) is 5.57 Å². The Morgan fingerprint density at radius 3 is 2.64 bits per heavy atom. The van der Waals surface area contributed by atoms with E-state index >= 15 is 0 Å². The summed E-state index contributed by atoms with van der Waals surface area (Å²) in [5, 5.41) is 0. The topological polar surface area (TPSA) is 35.5 Å². The average Bonchev–Trinajstić information content (AvgIpc) is 2.69. The molecule has 80 valence electrons. The molecule has 0 atom stereocenters. The van der Waals surface area contributed by atoms with E-state index in [-0.39, 0.29) is 5.97 Å². The molecule has 0 saturated heterocycles. The Kier molecular flexibility index (Phi) is 4.66. The van der Waals surface area contributed by atoms with Gasteiger partial charge >= 0.3 is 5.97 Å². The zero-order valence-corrected chi connectivity index (χ0v) is 8.91. The van der Waals surface area contributed by atoms with Gasteiger partial charge in [0.25, 0.3) is 0 Å². The molecule has 0 N–H and O–H groups in total. The SMILES string of the molecule is COC(=O)C(C)=CCOC1CCCC1. The van der Waals surface area contributed by atoms with E-state index < -0.39 is 0 Å². The highest BCUT2D eigenvalue weighted by Gasteiger charge is 2.14. The summed E-state index contributed by atoms with van der Waals surface area (Å²) in [4.78, 5) is 11.0. The minimum absolute atomic E-state index is 0.278. The average molecular weight is 198 g/mol. The number of hydrogen-bond acceptors (Lipinski definition) is 3. The van der Waals surface area contributed by atoms with Gasteiger partial charge in [0.1, 0.15) is 0 Å². The molecule has 1 fully saturated rings. The van der Waals surface area contributed by atoms with Crippen molar-refractivity contribution in [3.63, 3.8) is 0 Å². The first kappa shape index (κ1) is 11.2. The molecule has 0 aliphatic heterocycles. The molecule has 1 aliphatic rings. The van der Waals surface area contributed by atoms with E-state index in [9.17, 15) is 4.79 Å². The quantitative estimate of drug-likeness (QED) is 0.512. The van der Waals surface area contributed by atoms with Crippen LogP contribution in [0, 0.1) is 0 Å². The fourth-order valence-electron chi connectivity index (χ4n) is 1.61. The third kappa shape index (κ3) is 3.50. The maximum atomic E-state index is 11.0. The van der Waals surface area contributed by atoms with Crippen LogP contribution < -0.4 is 0 Å². The number of esters is 1.